The third kappa shape index (κ3) is 2.38. The van der Waals surface area contributed by atoms with Crippen molar-refractivity contribution in [1.29, 1.82) is 0 Å². The molecule has 0 saturated heterocycles. The van der Waals surface area contributed by atoms with Crippen molar-refractivity contribution in [3.05, 3.63) is 53.8 Å². The summed E-state index contributed by atoms with van der Waals surface area (Å²) in [5.74, 6) is -0.230. The van der Waals surface area contributed by atoms with Crippen LogP contribution >= 0.6 is 0 Å². The van der Waals surface area contributed by atoms with Crippen LogP contribution in [0.4, 0.5) is 21.5 Å². The van der Waals surface area contributed by atoms with Crippen LogP contribution < -0.4 is 10.6 Å². The molecule has 0 heterocycles. The Morgan fingerprint density at radius 2 is 1.71 bits per heavy atom. The van der Waals surface area contributed by atoms with Crippen molar-refractivity contribution in [3.63, 3.8) is 0 Å². The second-order valence-electron chi connectivity index (χ2n) is 4.08. The van der Waals surface area contributed by atoms with Gasteiger partial charge in [0.15, 0.2) is 0 Å². The van der Waals surface area contributed by atoms with E-state index in [0.717, 1.165) is 22.6 Å². The summed E-state index contributed by atoms with van der Waals surface area (Å²) in [6.45, 7) is 2.02. The lowest BCUT2D eigenvalue weighted by molar-refractivity contribution is 0.628. The Morgan fingerprint density at radius 3 is 2.35 bits per heavy atom. The van der Waals surface area contributed by atoms with Crippen molar-refractivity contribution < 1.29 is 4.39 Å². The van der Waals surface area contributed by atoms with E-state index in [0.29, 0.717) is 0 Å². The molecule has 0 bridgehead atoms. The van der Waals surface area contributed by atoms with E-state index in [2.05, 4.69) is 0 Å². The van der Waals surface area contributed by atoms with Crippen LogP contribution in [0.5, 0.6) is 0 Å². The molecule has 0 fully saturated rings. The van der Waals surface area contributed by atoms with Crippen molar-refractivity contribution in [1.82, 2.24) is 0 Å². The molecule has 3 heteroatoms. The van der Waals surface area contributed by atoms with Gasteiger partial charge in [0.05, 0.1) is 0 Å². The van der Waals surface area contributed by atoms with Crippen molar-refractivity contribution in [2.45, 2.75) is 6.92 Å². The zero-order valence-corrected chi connectivity index (χ0v) is 9.94. The van der Waals surface area contributed by atoms with Crippen molar-refractivity contribution >= 4 is 17.1 Å². The lowest BCUT2D eigenvalue weighted by Gasteiger charge is -2.22. The second kappa shape index (κ2) is 4.45. The van der Waals surface area contributed by atoms with Gasteiger partial charge in [-0.1, -0.05) is 6.07 Å². The summed E-state index contributed by atoms with van der Waals surface area (Å²) in [6, 6.07) is 12.2. The maximum absolute atomic E-state index is 12.9. The fourth-order valence-corrected chi connectivity index (χ4v) is 1.79. The number of nitrogens with two attached hydrogens (primary N) is 1. The van der Waals surface area contributed by atoms with Crippen LogP contribution in [0.3, 0.4) is 0 Å². The van der Waals surface area contributed by atoms with Gasteiger partial charge in [0.25, 0.3) is 0 Å². The highest BCUT2D eigenvalue weighted by atomic mass is 19.1. The number of nitrogens with zero attached hydrogens (tertiary/aromatic N) is 1. The molecule has 0 aliphatic heterocycles. The molecule has 0 radical (unpaired) electrons. The van der Waals surface area contributed by atoms with E-state index in [-0.39, 0.29) is 5.82 Å². The highest BCUT2D eigenvalue weighted by Gasteiger charge is 2.07. The molecule has 0 aliphatic rings. The molecular formula is C14H15FN2. The summed E-state index contributed by atoms with van der Waals surface area (Å²) in [5.41, 5.74) is 9.59. The molecule has 0 aliphatic carbocycles. The maximum atomic E-state index is 12.9. The minimum atomic E-state index is -0.230. The van der Waals surface area contributed by atoms with Crippen LogP contribution in [0.15, 0.2) is 42.5 Å². The number of hydrogen-bond donors (Lipinski definition) is 1. The van der Waals surface area contributed by atoms with Gasteiger partial charge in [-0.15, -0.1) is 0 Å². The number of aryl methyl sites for hydroxylation is 1. The zero-order valence-electron chi connectivity index (χ0n) is 9.94. The van der Waals surface area contributed by atoms with Crippen molar-refractivity contribution in [2.24, 2.45) is 0 Å². The maximum Gasteiger partial charge on any atom is 0.123 e. The molecule has 0 aromatic heterocycles. The summed E-state index contributed by atoms with van der Waals surface area (Å²) in [5, 5.41) is 0. The van der Waals surface area contributed by atoms with Crippen LogP contribution in [-0.2, 0) is 0 Å². The van der Waals surface area contributed by atoms with Gasteiger partial charge in [0, 0.05) is 24.1 Å². The van der Waals surface area contributed by atoms with Gasteiger partial charge in [-0.2, -0.15) is 0 Å². The Hall–Kier alpha value is -2.03. The van der Waals surface area contributed by atoms with E-state index < -0.39 is 0 Å². The van der Waals surface area contributed by atoms with Crippen LogP contribution in [0, 0.1) is 12.7 Å². The van der Waals surface area contributed by atoms with E-state index >= 15 is 0 Å². The lowest BCUT2D eigenvalue weighted by Crippen LogP contribution is -2.11. The van der Waals surface area contributed by atoms with Crippen LogP contribution in [0.25, 0.3) is 0 Å². The zero-order chi connectivity index (χ0) is 12.4. The monoisotopic (exact) mass is 230 g/mol. The molecule has 2 aromatic carbocycles. The summed E-state index contributed by atoms with van der Waals surface area (Å²) in [6.07, 6.45) is 0. The third-order valence-electron chi connectivity index (χ3n) is 2.81. The van der Waals surface area contributed by atoms with Gasteiger partial charge in [-0.3, -0.25) is 0 Å². The molecule has 0 spiro atoms. The van der Waals surface area contributed by atoms with E-state index in [1.54, 1.807) is 12.1 Å². The quantitative estimate of drug-likeness (QED) is 0.800. The molecule has 0 atom stereocenters. The van der Waals surface area contributed by atoms with Gasteiger partial charge >= 0.3 is 0 Å². The molecule has 17 heavy (non-hydrogen) atoms. The first-order valence-corrected chi connectivity index (χ1v) is 5.43. The molecule has 2 rings (SSSR count). The average molecular weight is 230 g/mol. The van der Waals surface area contributed by atoms with Crippen LogP contribution in [-0.4, -0.2) is 7.05 Å². The first kappa shape index (κ1) is 11.5. The Bertz CT molecular complexity index is 520. The van der Waals surface area contributed by atoms with Gasteiger partial charge in [-0.05, 0) is 48.9 Å². The largest absolute Gasteiger partial charge is 0.399 e. The van der Waals surface area contributed by atoms with Gasteiger partial charge < -0.3 is 10.6 Å². The first-order chi connectivity index (χ1) is 8.08. The molecule has 2 N–H and O–H groups in total. The Labute approximate surface area is 100 Å². The number of anilines is 3. The smallest absolute Gasteiger partial charge is 0.123 e. The number of benzene rings is 2. The normalized spacial score (nSPS) is 10.3. The highest BCUT2D eigenvalue weighted by Crippen LogP contribution is 2.28. The van der Waals surface area contributed by atoms with E-state index in [4.69, 9.17) is 5.73 Å². The van der Waals surface area contributed by atoms with Gasteiger partial charge in [0.1, 0.15) is 5.82 Å². The van der Waals surface area contributed by atoms with Gasteiger partial charge in [-0.25, -0.2) is 4.39 Å². The fraction of sp³-hybridized carbons (Fsp3) is 0.143. The molecule has 2 nitrogen and oxygen atoms in total. The average Bonchev–Trinajstić information content (AvgIpc) is 2.32. The topological polar surface area (TPSA) is 29.3 Å². The second-order valence-corrected chi connectivity index (χ2v) is 4.08. The predicted molar refractivity (Wildman–Crippen MR) is 70.1 cm³/mol. The Morgan fingerprint density at radius 1 is 1.06 bits per heavy atom. The predicted octanol–water partition coefficient (Wildman–Crippen LogP) is 3.48. The van der Waals surface area contributed by atoms with Crippen molar-refractivity contribution in [3.8, 4) is 0 Å². The van der Waals surface area contributed by atoms with Crippen LogP contribution in [0.2, 0.25) is 0 Å². The van der Waals surface area contributed by atoms with Crippen molar-refractivity contribution in [2.75, 3.05) is 17.7 Å². The summed E-state index contributed by atoms with van der Waals surface area (Å²) in [4.78, 5) is 1.99. The van der Waals surface area contributed by atoms with Gasteiger partial charge in [0.2, 0.25) is 0 Å². The summed E-state index contributed by atoms with van der Waals surface area (Å²) in [7, 11) is 1.94. The molecule has 0 saturated carbocycles. The SMILES string of the molecule is Cc1ccc(N)cc1N(C)c1ccc(F)cc1. The first-order valence-electron chi connectivity index (χ1n) is 5.43. The Balaban J connectivity index is 2.39. The molecule has 0 unspecified atom stereocenters. The fourth-order valence-electron chi connectivity index (χ4n) is 1.79. The van der Waals surface area contributed by atoms with E-state index in [1.807, 2.05) is 37.1 Å². The van der Waals surface area contributed by atoms with E-state index in [1.165, 1.54) is 12.1 Å². The van der Waals surface area contributed by atoms with E-state index in [9.17, 15) is 4.39 Å². The molecule has 88 valence electrons. The standard InChI is InChI=1S/C14H15FN2/c1-10-3-6-12(16)9-14(10)17(2)13-7-4-11(15)5-8-13/h3-9H,16H2,1-2H3. The summed E-state index contributed by atoms with van der Waals surface area (Å²) >= 11 is 0. The number of halogens is 1. The molecule has 0 amide bonds. The molecule has 2 aromatic rings. The number of rotatable bonds is 2. The summed E-state index contributed by atoms with van der Waals surface area (Å²) < 4.78 is 12.9. The molecular weight excluding hydrogens is 215 g/mol. The minimum Gasteiger partial charge on any atom is -0.399 e. The Kier molecular flexibility index (Phi) is 3.00. The lowest BCUT2D eigenvalue weighted by atomic mass is 10.1. The van der Waals surface area contributed by atoms with Crippen LogP contribution in [0.1, 0.15) is 5.56 Å². The highest BCUT2D eigenvalue weighted by molar-refractivity contribution is 5.69. The third-order valence-corrected chi connectivity index (χ3v) is 2.81. The minimum absolute atomic E-state index is 0.230. The number of nitrogen functional groups attached to an aromatic ring is 1. The number of hydrogen-bond acceptors (Lipinski definition) is 2.